The van der Waals surface area contributed by atoms with Crippen LogP contribution >= 0.6 is 27.7 Å². The van der Waals surface area contributed by atoms with Crippen LogP contribution in [0.4, 0.5) is 8.78 Å². The van der Waals surface area contributed by atoms with Crippen molar-refractivity contribution in [1.82, 2.24) is 0 Å². The van der Waals surface area contributed by atoms with Crippen molar-refractivity contribution in [3.05, 3.63) is 63.6 Å². The van der Waals surface area contributed by atoms with Gasteiger partial charge >= 0.3 is 5.97 Å². The molecule has 2 nitrogen and oxygen atoms in total. The molecule has 0 unspecified atom stereocenters. The van der Waals surface area contributed by atoms with Gasteiger partial charge in [-0.05, 0) is 36.4 Å². The van der Waals surface area contributed by atoms with Gasteiger partial charge in [-0.15, -0.1) is 11.8 Å². The SMILES string of the molecule is O=C(O)c1ccc(Br)cc1SCc1cc(F)ccc1F. The second-order valence-electron chi connectivity index (χ2n) is 3.97. The fourth-order valence-corrected chi connectivity index (χ4v) is 3.17. The molecule has 0 aromatic heterocycles. The number of hydrogen-bond acceptors (Lipinski definition) is 2. The van der Waals surface area contributed by atoms with Crippen molar-refractivity contribution in [2.45, 2.75) is 10.6 Å². The minimum Gasteiger partial charge on any atom is -0.478 e. The van der Waals surface area contributed by atoms with Gasteiger partial charge in [0.25, 0.3) is 0 Å². The van der Waals surface area contributed by atoms with Gasteiger partial charge in [0.2, 0.25) is 0 Å². The van der Waals surface area contributed by atoms with Gasteiger partial charge in [-0.25, -0.2) is 13.6 Å². The van der Waals surface area contributed by atoms with Gasteiger partial charge in [-0.1, -0.05) is 15.9 Å². The van der Waals surface area contributed by atoms with Crippen LogP contribution in [0, 0.1) is 11.6 Å². The third-order valence-electron chi connectivity index (χ3n) is 2.57. The molecule has 0 aliphatic rings. The van der Waals surface area contributed by atoms with Crippen molar-refractivity contribution in [3.63, 3.8) is 0 Å². The lowest BCUT2D eigenvalue weighted by Gasteiger charge is -2.07. The summed E-state index contributed by atoms with van der Waals surface area (Å²) >= 11 is 4.41. The van der Waals surface area contributed by atoms with Crippen molar-refractivity contribution in [2.24, 2.45) is 0 Å². The minimum absolute atomic E-state index is 0.134. The Kier molecular flexibility index (Phi) is 4.77. The molecule has 104 valence electrons. The van der Waals surface area contributed by atoms with Crippen LogP contribution in [0.15, 0.2) is 45.8 Å². The Morgan fingerprint density at radius 1 is 1.20 bits per heavy atom. The Labute approximate surface area is 126 Å². The molecule has 0 fully saturated rings. The van der Waals surface area contributed by atoms with E-state index in [9.17, 15) is 13.6 Å². The third-order valence-corrected chi connectivity index (χ3v) is 4.16. The molecule has 0 heterocycles. The summed E-state index contributed by atoms with van der Waals surface area (Å²) in [5, 5.41) is 9.09. The fourth-order valence-electron chi connectivity index (χ4n) is 1.60. The number of aromatic carboxylic acids is 1. The van der Waals surface area contributed by atoms with Gasteiger partial charge in [-0.3, -0.25) is 0 Å². The maximum atomic E-state index is 13.5. The lowest BCUT2D eigenvalue weighted by molar-refractivity contribution is 0.0693. The molecule has 0 radical (unpaired) electrons. The fraction of sp³-hybridized carbons (Fsp3) is 0.0714. The molecule has 0 aliphatic heterocycles. The van der Waals surface area contributed by atoms with E-state index >= 15 is 0 Å². The van der Waals surface area contributed by atoms with E-state index in [1.165, 1.54) is 6.07 Å². The molecular formula is C14H9BrF2O2S. The first-order valence-corrected chi connectivity index (χ1v) is 7.35. The van der Waals surface area contributed by atoms with E-state index in [0.717, 1.165) is 34.4 Å². The van der Waals surface area contributed by atoms with Gasteiger partial charge in [0.1, 0.15) is 11.6 Å². The molecule has 6 heteroatoms. The summed E-state index contributed by atoms with van der Waals surface area (Å²) in [5.41, 5.74) is 0.335. The maximum absolute atomic E-state index is 13.5. The van der Waals surface area contributed by atoms with Crippen LogP contribution in [0.1, 0.15) is 15.9 Å². The molecule has 0 spiro atoms. The number of thioether (sulfide) groups is 1. The maximum Gasteiger partial charge on any atom is 0.336 e. The van der Waals surface area contributed by atoms with E-state index in [0.29, 0.717) is 4.90 Å². The van der Waals surface area contributed by atoms with Gasteiger partial charge in [0.15, 0.2) is 0 Å². The number of halogens is 3. The minimum atomic E-state index is -1.06. The first-order chi connectivity index (χ1) is 9.47. The summed E-state index contributed by atoms with van der Waals surface area (Å²) in [7, 11) is 0. The standard InChI is InChI=1S/C14H9BrF2O2S/c15-9-1-3-11(14(18)19)13(6-9)20-7-8-5-10(16)2-4-12(8)17/h1-6H,7H2,(H,18,19). The van der Waals surface area contributed by atoms with Gasteiger partial charge in [-0.2, -0.15) is 0 Å². The summed E-state index contributed by atoms with van der Waals surface area (Å²) in [5.74, 6) is -1.93. The number of carboxylic acids is 1. The smallest absolute Gasteiger partial charge is 0.336 e. The highest BCUT2D eigenvalue weighted by Crippen LogP contribution is 2.30. The average Bonchev–Trinajstić information content (AvgIpc) is 2.39. The van der Waals surface area contributed by atoms with Crippen molar-refractivity contribution in [1.29, 1.82) is 0 Å². The molecule has 0 atom stereocenters. The molecule has 0 saturated heterocycles. The van der Waals surface area contributed by atoms with Crippen molar-refractivity contribution in [2.75, 3.05) is 0 Å². The zero-order valence-electron chi connectivity index (χ0n) is 10.1. The van der Waals surface area contributed by atoms with Crippen LogP contribution in [-0.2, 0) is 5.75 Å². The molecule has 0 amide bonds. The summed E-state index contributed by atoms with van der Waals surface area (Å²) in [6.45, 7) is 0. The Morgan fingerprint density at radius 3 is 2.65 bits per heavy atom. The van der Waals surface area contributed by atoms with Crippen molar-refractivity contribution < 1.29 is 18.7 Å². The Morgan fingerprint density at radius 2 is 1.95 bits per heavy atom. The number of benzene rings is 2. The molecular weight excluding hydrogens is 350 g/mol. The van der Waals surface area contributed by atoms with Crippen LogP contribution in [0.2, 0.25) is 0 Å². The molecule has 2 aromatic carbocycles. The summed E-state index contributed by atoms with van der Waals surface area (Å²) in [6, 6.07) is 7.95. The Balaban J connectivity index is 2.24. The average molecular weight is 359 g/mol. The van der Waals surface area contributed by atoms with Crippen LogP contribution in [0.3, 0.4) is 0 Å². The van der Waals surface area contributed by atoms with Gasteiger partial charge in [0.05, 0.1) is 5.56 Å². The Hall–Kier alpha value is -1.40. The quantitative estimate of drug-likeness (QED) is 0.803. The second kappa shape index (κ2) is 6.37. The van der Waals surface area contributed by atoms with E-state index in [2.05, 4.69) is 15.9 Å². The molecule has 0 saturated carbocycles. The van der Waals surface area contributed by atoms with Crippen LogP contribution in [0.25, 0.3) is 0 Å². The van der Waals surface area contributed by atoms with Gasteiger partial charge < -0.3 is 5.11 Å². The summed E-state index contributed by atoms with van der Waals surface area (Å²) in [4.78, 5) is 11.6. The second-order valence-corrected chi connectivity index (χ2v) is 5.90. The van der Waals surface area contributed by atoms with Crippen molar-refractivity contribution >= 4 is 33.7 Å². The molecule has 2 rings (SSSR count). The highest BCUT2D eigenvalue weighted by atomic mass is 79.9. The molecule has 0 bridgehead atoms. The summed E-state index contributed by atoms with van der Waals surface area (Å²) in [6.07, 6.45) is 0. The normalized spacial score (nSPS) is 10.6. The lowest BCUT2D eigenvalue weighted by Crippen LogP contribution is -1.99. The predicted octanol–water partition coefficient (Wildman–Crippen LogP) is 4.72. The molecule has 0 aliphatic carbocycles. The highest BCUT2D eigenvalue weighted by molar-refractivity contribution is 9.10. The van der Waals surface area contributed by atoms with E-state index in [1.807, 2.05) is 0 Å². The highest BCUT2D eigenvalue weighted by Gasteiger charge is 2.12. The Bertz CT molecular complexity index is 662. The molecule has 20 heavy (non-hydrogen) atoms. The third kappa shape index (κ3) is 3.58. The molecule has 2 aromatic rings. The number of hydrogen-bond donors (Lipinski definition) is 1. The summed E-state index contributed by atoms with van der Waals surface area (Å²) < 4.78 is 27.3. The van der Waals surface area contributed by atoms with Crippen LogP contribution in [-0.4, -0.2) is 11.1 Å². The monoisotopic (exact) mass is 358 g/mol. The van der Waals surface area contributed by atoms with Crippen molar-refractivity contribution in [3.8, 4) is 0 Å². The topological polar surface area (TPSA) is 37.3 Å². The van der Waals surface area contributed by atoms with E-state index < -0.39 is 17.6 Å². The number of rotatable bonds is 4. The first-order valence-electron chi connectivity index (χ1n) is 5.57. The van der Waals surface area contributed by atoms with Gasteiger partial charge in [0, 0.05) is 20.7 Å². The van der Waals surface area contributed by atoms with Crippen LogP contribution < -0.4 is 0 Å². The van der Waals surface area contributed by atoms with E-state index in [1.54, 1.807) is 12.1 Å². The zero-order valence-corrected chi connectivity index (χ0v) is 12.5. The number of carbonyl (C=O) groups is 1. The van der Waals surface area contributed by atoms with E-state index in [4.69, 9.17) is 5.11 Å². The number of carboxylic acid groups (broad SMARTS) is 1. The van der Waals surface area contributed by atoms with Crippen LogP contribution in [0.5, 0.6) is 0 Å². The zero-order chi connectivity index (χ0) is 14.7. The lowest BCUT2D eigenvalue weighted by atomic mass is 10.2. The van der Waals surface area contributed by atoms with E-state index in [-0.39, 0.29) is 16.9 Å². The largest absolute Gasteiger partial charge is 0.478 e. The molecule has 1 N–H and O–H groups in total. The predicted molar refractivity (Wildman–Crippen MR) is 77.0 cm³/mol. The first kappa shape index (κ1) is 15.0.